The number of methoxy groups -OCH3 is 1. The molecule has 1 saturated carbocycles. The second-order valence-electron chi connectivity index (χ2n) is 12.2. The molecule has 0 bridgehead atoms. The molecule has 254 valence electrons. The summed E-state index contributed by atoms with van der Waals surface area (Å²) in [7, 11) is -2.05. The number of anilines is 1. The maximum absolute atomic E-state index is 13.8. The summed E-state index contributed by atoms with van der Waals surface area (Å²) < 4.78 is 97.9. The van der Waals surface area contributed by atoms with E-state index in [2.05, 4.69) is 32.4 Å². The molecule has 2 unspecified atom stereocenters. The quantitative estimate of drug-likeness (QED) is 0.261. The van der Waals surface area contributed by atoms with Crippen LogP contribution in [0.5, 0.6) is 5.75 Å². The standard InChI is InChI=1S/C32H36F5N5O4S/c1-19-16-41(21-13-24(33)25(34)14-21)10-8-26(19)40-31(43)23-11-20(12-28-30(23)39-18-42(28)17-32(35,36)37)5-4-9-38-27-15-22(47(3,44)45)6-7-29(27)46-2/h6-7,11-12,15,18-19,21,24-26,38H,8-10,13-14,16-17H2,1-3H3,(H,40,43)/t19-,21?,24?,25?,26-/m0/s1. The van der Waals surface area contributed by atoms with Crippen LogP contribution < -0.4 is 15.4 Å². The molecule has 1 aliphatic heterocycles. The third kappa shape index (κ3) is 8.16. The lowest BCUT2D eigenvalue weighted by Crippen LogP contribution is -2.52. The molecule has 1 aromatic heterocycles. The smallest absolute Gasteiger partial charge is 0.406 e. The summed E-state index contributed by atoms with van der Waals surface area (Å²) in [5.41, 5.74) is 0.896. The highest BCUT2D eigenvalue weighted by Crippen LogP contribution is 2.33. The number of halogens is 5. The number of hydrogen-bond donors (Lipinski definition) is 2. The molecule has 1 saturated heterocycles. The van der Waals surface area contributed by atoms with Gasteiger partial charge in [0, 0.05) is 37.0 Å². The minimum atomic E-state index is -4.53. The number of amides is 1. The van der Waals surface area contributed by atoms with Crippen LogP contribution in [0.4, 0.5) is 27.6 Å². The third-order valence-corrected chi connectivity index (χ3v) is 9.79. The van der Waals surface area contributed by atoms with Crippen LogP contribution in [0.15, 0.2) is 41.6 Å². The van der Waals surface area contributed by atoms with Gasteiger partial charge < -0.3 is 19.9 Å². The minimum absolute atomic E-state index is 0.0222. The number of fused-ring (bicyclic) bond motifs is 1. The van der Waals surface area contributed by atoms with E-state index < -0.39 is 40.8 Å². The Morgan fingerprint density at radius 1 is 1.15 bits per heavy atom. The van der Waals surface area contributed by atoms with E-state index in [1.165, 1.54) is 37.4 Å². The van der Waals surface area contributed by atoms with Crippen molar-refractivity contribution in [2.24, 2.45) is 5.92 Å². The largest absolute Gasteiger partial charge is 0.495 e. The fraction of sp³-hybridized carbons (Fsp3) is 0.500. The summed E-state index contributed by atoms with van der Waals surface area (Å²) in [5, 5.41) is 5.99. The van der Waals surface area contributed by atoms with Crippen LogP contribution in [0.3, 0.4) is 0 Å². The number of hydrogen-bond acceptors (Lipinski definition) is 7. The van der Waals surface area contributed by atoms with Crippen LogP contribution in [0.1, 0.15) is 42.1 Å². The summed E-state index contributed by atoms with van der Waals surface area (Å²) >= 11 is 0. The fourth-order valence-electron chi connectivity index (χ4n) is 6.25. The number of rotatable bonds is 8. The second-order valence-corrected chi connectivity index (χ2v) is 14.2. The van der Waals surface area contributed by atoms with E-state index >= 15 is 0 Å². The normalized spacial score (nSPS) is 23.7. The zero-order chi connectivity index (χ0) is 34.1. The zero-order valence-electron chi connectivity index (χ0n) is 26.1. The van der Waals surface area contributed by atoms with Gasteiger partial charge in [-0.1, -0.05) is 18.8 Å². The van der Waals surface area contributed by atoms with Gasteiger partial charge in [0.15, 0.2) is 9.84 Å². The number of alkyl halides is 5. The van der Waals surface area contributed by atoms with Gasteiger partial charge >= 0.3 is 6.18 Å². The Balaban J connectivity index is 1.36. The van der Waals surface area contributed by atoms with Gasteiger partial charge in [0.1, 0.15) is 30.2 Å². The Kier molecular flexibility index (Phi) is 10.0. The number of carbonyl (C=O) groups excluding carboxylic acids is 1. The fourth-order valence-corrected chi connectivity index (χ4v) is 6.90. The summed E-state index contributed by atoms with van der Waals surface area (Å²) in [6.07, 6.45) is -4.52. The number of benzene rings is 2. The molecular formula is C32H36F5N5O4S. The van der Waals surface area contributed by atoms with Crippen molar-refractivity contribution < 1.29 is 39.9 Å². The number of nitrogens with zero attached hydrogens (tertiary/aromatic N) is 3. The molecule has 15 heteroatoms. The van der Waals surface area contributed by atoms with E-state index in [9.17, 15) is 35.2 Å². The SMILES string of the molecule is COc1ccc(S(C)(=O)=O)cc1NCC#Cc1cc(C(=O)N[C@H]2CCN(C3CC(F)C(F)C3)C[C@@H]2C)c2ncn(CC(F)(F)F)c2c1. The topological polar surface area (TPSA) is 106 Å². The Bertz CT molecular complexity index is 1790. The van der Waals surface area contributed by atoms with Gasteiger partial charge in [0.2, 0.25) is 0 Å². The van der Waals surface area contributed by atoms with Crippen LogP contribution in [0.2, 0.25) is 0 Å². The molecule has 47 heavy (non-hydrogen) atoms. The summed E-state index contributed by atoms with van der Waals surface area (Å²) in [6, 6.07) is 6.78. The highest BCUT2D eigenvalue weighted by atomic mass is 32.2. The molecule has 2 fully saturated rings. The third-order valence-electron chi connectivity index (χ3n) is 8.68. The number of sulfone groups is 1. The molecule has 1 aliphatic carbocycles. The molecule has 2 aromatic carbocycles. The predicted molar refractivity (Wildman–Crippen MR) is 167 cm³/mol. The highest BCUT2D eigenvalue weighted by Gasteiger charge is 2.40. The number of likely N-dealkylation sites (tertiary alicyclic amines) is 1. The van der Waals surface area contributed by atoms with Crippen LogP contribution in [0.25, 0.3) is 11.0 Å². The minimum Gasteiger partial charge on any atom is -0.495 e. The van der Waals surface area contributed by atoms with Crippen LogP contribution in [-0.4, -0.2) is 92.4 Å². The van der Waals surface area contributed by atoms with Crippen molar-refractivity contribution in [3.8, 4) is 17.6 Å². The predicted octanol–water partition coefficient (Wildman–Crippen LogP) is 4.75. The number of imidazole rings is 1. The molecule has 3 aromatic rings. The molecule has 1 amide bonds. The number of piperidine rings is 1. The maximum atomic E-state index is 13.8. The van der Waals surface area contributed by atoms with Crippen LogP contribution >= 0.6 is 0 Å². The molecule has 5 rings (SSSR count). The Morgan fingerprint density at radius 2 is 1.87 bits per heavy atom. The first kappa shape index (κ1) is 34.4. The average molecular weight is 682 g/mol. The van der Waals surface area contributed by atoms with Crippen molar-refractivity contribution in [2.75, 3.05) is 38.3 Å². The summed E-state index contributed by atoms with van der Waals surface area (Å²) in [6.45, 7) is 1.74. The molecule has 9 nitrogen and oxygen atoms in total. The van der Waals surface area contributed by atoms with Crippen molar-refractivity contribution in [1.82, 2.24) is 19.8 Å². The summed E-state index contributed by atoms with van der Waals surface area (Å²) in [4.78, 5) is 19.9. The van der Waals surface area contributed by atoms with Gasteiger partial charge in [0.25, 0.3) is 5.91 Å². The van der Waals surface area contributed by atoms with Crippen LogP contribution in [0, 0.1) is 17.8 Å². The van der Waals surface area contributed by atoms with E-state index in [4.69, 9.17) is 4.74 Å². The first-order chi connectivity index (χ1) is 22.1. The van der Waals surface area contributed by atoms with Gasteiger partial charge in [-0.3, -0.25) is 9.69 Å². The molecule has 0 spiro atoms. The van der Waals surface area contributed by atoms with E-state index in [1.807, 2.05) is 6.92 Å². The van der Waals surface area contributed by atoms with Gasteiger partial charge in [-0.25, -0.2) is 22.2 Å². The summed E-state index contributed by atoms with van der Waals surface area (Å²) in [5.74, 6) is 5.57. The zero-order valence-corrected chi connectivity index (χ0v) is 26.9. The molecular weight excluding hydrogens is 645 g/mol. The molecule has 0 radical (unpaired) electrons. The highest BCUT2D eigenvalue weighted by molar-refractivity contribution is 7.90. The second kappa shape index (κ2) is 13.7. The van der Waals surface area contributed by atoms with Crippen molar-refractivity contribution in [1.29, 1.82) is 0 Å². The van der Waals surface area contributed by atoms with Crippen molar-refractivity contribution in [3.05, 3.63) is 47.8 Å². The van der Waals surface area contributed by atoms with Crippen LogP contribution in [-0.2, 0) is 16.4 Å². The van der Waals surface area contributed by atoms with Gasteiger partial charge in [0.05, 0.1) is 41.6 Å². The lowest BCUT2D eigenvalue weighted by molar-refractivity contribution is -0.139. The average Bonchev–Trinajstić information content (AvgIpc) is 3.55. The van der Waals surface area contributed by atoms with Gasteiger partial charge in [-0.05, 0) is 55.5 Å². The lowest BCUT2D eigenvalue weighted by atomic mass is 9.92. The Hall–Kier alpha value is -3.90. The van der Waals surface area contributed by atoms with E-state index in [0.29, 0.717) is 30.9 Å². The monoisotopic (exact) mass is 681 g/mol. The van der Waals surface area contributed by atoms with Gasteiger partial charge in [-0.15, -0.1) is 0 Å². The number of nitrogens with one attached hydrogen (secondary N) is 2. The lowest BCUT2D eigenvalue weighted by Gasteiger charge is -2.40. The van der Waals surface area contributed by atoms with Gasteiger partial charge in [-0.2, -0.15) is 13.2 Å². The van der Waals surface area contributed by atoms with E-state index in [1.54, 1.807) is 0 Å². The van der Waals surface area contributed by atoms with Crippen molar-refractivity contribution in [3.63, 3.8) is 0 Å². The molecule has 2 aliphatic rings. The first-order valence-electron chi connectivity index (χ1n) is 15.1. The molecule has 2 N–H and O–H groups in total. The number of ether oxygens (including phenoxy) is 1. The van der Waals surface area contributed by atoms with E-state index in [0.717, 1.165) is 17.2 Å². The molecule has 4 atom stereocenters. The van der Waals surface area contributed by atoms with E-state index in [-0.39, 0.29) is 64.4 Å². The number of carbonyl (C=O) groups is 1. The Labute approximate surface area is 269 Å². The van der Waals surface area contributed by atoms with Crippen molar-refractivity contribution >= 4 is 32.5 Å². The Morgan fingerprint density at radius 3 is 2.51 bits per heavy atom. The molecule has 2 heterocycles. The maximum Gasteiger partial charge on any atom is 0.406 e. The van der Waals surface area contributed by atoms with Crippen molar-refractivity contribution in [2.45, 2.75) is 68.2 Å². The first-order valence-corrected chi connectivity index (χ1v) is 17.0. The number of aromatic nitrogens is 2.